The van der Waals surface area contributed by atoms with E-state index >= 15 is 0 Å². The minimum absolute atomic E-state index is 0. The van der Waals surface area contributed by atoms with E-state index in [-0.39, 0.29) is 18.9 Å². The van der Waals surface area contributed by atoms with Crippen molar-refractivity contribution in [2.75, 3.05) is 13.2 Å². The standard InChI is InChI=1S/C6H12O4.C2H5.Li/c1-3-9-6(5(7)8)10-4-2;1-2;/h6H,3-4H2,1-2H3,(H,7,8);1H2,2H3;/q;-1;+1. The van der Waals surface area contributed by atoms with Gasteiger partial charge in [-0.25, -0.2) is 4.79 Å². The smallest absolute Gasteiger partial charge is 0.477 e. The normalized spacial score (nSPS) is 8.38. The molecular weight excluding hydrogens is 167 g/mol. The molecule has 0 aliphatic heterocycles. The van der Waals surface area contributed by atoms with Gasteiger partial charge in [0.15, 0.2) is 0 Å². The van der Waals surface area contributed by atoms with Gasteiger partial charge in [0.05, 0.1) is 0 Å². The van der Waals surface area contributed by atoms with Gasteiger partial charge in [-0.05, 0) is 13.8 Å². The SMILES string of the molecule is CCOC(OCC)C(=O)O.[CH2-]C.[Li+]. The number of hydrogen-bond acceptors (Lipinski definition) is 3. The molecule has 5 heteroatoms. The van der Waals surface area contributed by atoms with Crippen molar-refractivity contribution in [2.24, 2.45) is 0 Å². The molecular formula is C8H17LiO4. The van der Waals surface area contributed by atoms with Gasteiger partial charge < -0.3 is 21.5 Å². The van der Waals surface area contributed by atoms with Gasteiger partial charge in [0.25, 0.3) is 6.29 Å². The molecule has 1 N–H and O–H groups in total. The van der Waals surface area contributed by atoms with Gasteiger partial charge in [0.2, 0.25) is 0 Å². The summed E-state index contributed by atoms with van der Waals surface area (Å²) >= 11 is 0. The van der Waals surface area contributed by atoms with Crippen LogP contribution in [0.1, 0.15) is 20.8 Å². The maximum atomic E-state index is 10.2. The van der Waals surface area contributed by atoms with Crippen molar-refractivity contribution in [2.45, 2.75) is 27.1 Å². The van der Waals surface area contributed by atoms with Gasteiger partial charge in [-0.15, -0.1) is 0 Å². The molecule has 0 heterocycles. The van der Waals surface area contributed by atoms with E-state index in [0.29, 0.717) is 13.2 Å². The number of carboxylic acids is 1. The number of hydrogen-bond donors (Lipinski definition) is 1. The summed E-state index contributed by atoms with van der Waals surface area (Å²) in [6.45, 7) is 9.12. The maximum absolute atomic E-state index is 10.2. The van der Waals surface area contributed by atoms with Crippen LogP contribution in [0.2, 0.25) is 0 Å². The molecule has 0 aromatic rings. The van der Waals surface area contributed by atoms with Gasteiger partial charge in [-0.2, -0.15) is 6.92 Å². The zero-order valence-corrected chi connectivity index (χ0v) is 8.87. The van der Waals surface area contributed by atoms with Gasteiger partial charge in [-0.3, -0.25) is 0 Å². The molecule has 0 fully saturated rings. The van der Waals surface area contributed by atoms with Crippen LogP contribution in [0.3, 0.4) is 0 Å². The van der Waals surface area contributed by atoms with E-state index in [2.05, 4.69) is 6.92 Å². The zero-order valence-electron chi connectivity index (χ0n) is 8.87. The van der Waals surface area contributed by atoms with Crippen LogP contribution in [-0.2, 0) is 14.3 Å². The van der Waals surface area contributed by atoms with Crippen LogP contribution in [0.4, 0.5) is 0 Å². The molecule has 0 aliphatic carbocycles. The average Bonchev–Trinajstić information content (AvgIpc) is 2.08. The summed E-state index contributed by atoms with van der Waals surface area (Å²) in [6.07, 6.45) is -1.10. The Morgan fingerprint density at radius 2 is 1.62 bits per heavy atom. The summed E-state index contributed by atoms with van der Waals surface area (Å²) in [5.74, 6) is -1.08. The van der Waals surface area contributed by atoms with E-state index in [1.54, 1.807) is 20.8 Å². The monoisotopic (exact) mass is 184 g/mol. The Kier molecular flexibility index (Phi) is 20.9. The summed E-state index contributed by atoms with van der Waals surface area (Å²) < 4.78 is 9.44. The molecule has 0 spiro atoms. The van der Waals surface area contributed by atoms with Crippen molar-refractivity contribution in [3.63, 3.8) is 0 Å². The fourth-order valence-corrected chi connectivity index (χ4v) is 0.493. The minimum Gasteiger partial charge on any atom is -0.477 e. The van der Waals surface area contributed by atoms with Crippen LogP contribution in [0, 0.1) is 6.92 Å². The Bertz CT molecular complexity index is 102. The van der Waals surface area contributed by atoms with E-state index < -0.39 is 12.3 Å². The van der Waals surface area contributed by atoms with E-state index in [4.69, 9.17) is 14.6 Å². The first-order chi connectivity index (χ1) is 5.72. The van der Waals surface area contributed by atoms with Crippen molar-refractivity contribution < 1.29 is 38.2 Å². The Labute approximate surface area is 91.8 Å². The second-order valence-corrected chi connectivity index (χ2v) is 1.58. The van der Waals surface area contributed by atoms with Crippen molar-refractivity contribution >= 4 is 5.97 Å². The fourth-order valence-electron chi connectivity index (χ4n) is 0.493. The van der Waals surface area contributed by atoms with Crippen molar-refractivity contribution in [3.05, 3.63) is 6.92 Å². The first-order valence-corrected chi connectivity index (χ1v) is 3.89. The number of rotatable bonds is 5. The number of ether oxygens (including phenoxy) is 2. The molecule has 0 bridgehead atoms. The van der Waals surface area contributed by atoms with Crippen LogP contribution in [-0.4, -0.2) is 30.6 Å². The summed E-state index contributed by atoms with van der Waals surface area (Å²) in [6, 6.07) is 0. The quantitative estimate of drug-likeness (QED) is 0.315. The second kappa shape index (κ2) is 14.5. The second-order valence-electron chi connectivity index (χ2n) is 1.58. The number of carboxylic acid groups (broad SMARTS) is 1. The zero-order chi connectivity index (χ0) is 9.98. The molecule has 0 aliphatic rings. The minimum atomic E-state index is -1.10. The molecule has 0 atom stereocenters. The molecule has 0 saturated heterocycles. The molecule has 0 rings (SSSR count). The Morgan fingerprint density at radius 1 is 1.31 bits per heavy atom. The average molecular weight is 184 g/mol. The summed E-state index contributed by atoms with van der Waals surface area (Å²) in [4.78, 5) is 10.2. The maximum Gasteiger partial charge on any atom is 1.00 e. The van der Waals surface area contributed by atoms with Gasteiger partial charge in [0.1, 0.15) is 0 Å². The van der Waals surface area contributed by atoms with Crippen LogP contribution >= 0.6 is 0 Å². The molecule has 74 valence electrons. The number of carbonyl (C=O) groups is 1. The first-order valence-electron chi connectivity index (χ1n) is 3.89. The van der Waals surface area contributed by atoms with Crippen LogP contribution in [0.25, 0.3) is 0 Å². The van der Waals surface area contributed by atoms with Crippen LogP contribution in [0.15, 0.2) is 0 Å². The van der Waals surface area contributed by atoms with Gasteiger partial charge in [-0.1, -0.05) is 0 Å². The summed E-state index contributed by atoms with van der Waals surface area (Å²) in [5, 5.41) is 8.39. The van der Waals surface area contributed by atoms with Crippen molar-refractivity contribution in [1.82, 2.24) is 0 Å². The largest absolute Gasteiger partial charge is 1.00 e. The predicted molar refractivity (Wildman–Crippen MR) is 45.7 cm³/mol. The van der Waals surface area contributed by atoms with Gasteiger partial charge >= 0.3 is 24.8 Å². The van der Waals surface area contributed by atoms with E-state index in [1.165, 1.54) is 0 Å². The summed E-state index contributed by atoms with van der Waals surface area (Å²) in [7, 11) is 0. The molecule has 13 heavy (non-hydrogen) atoms. The molecule has 0 saturated carbocycles. The Balaban J connectivity index is -0.000000309. The third-order valence-electron chi connectivity index (χ3n) is 0.838. The molecule has 0 unspecified atom stereocenters. The third-order valence-corrected chi connectivity index (χ3v) is 0.838. The molecule has 0 amide bonds. The topological polar surface area (TPSA) is 55.8 Å². The molecule has 0 aromatic heterocycles. The van der Waals surface area contributed by atoms with E-state index in [1.807, 2.05) is 0 Å². The third kappa shape index (κ3) is 12.0. The fraction of sp³-hybridized carbons (Fsp3) is 0.750. The van der Waals surface area contributed by atoms with E-state index in [0.717, 1.165) is 0 Å². The van der Waals surface area contributed by atoms with Crippen LogP contribution in [0.5, 0.6) is 0 Å². The van der Waals surface area contributed by atoms with E-state index in [9.17, 15) is 4.79 Å². The van der Waals surface area contributed by atoms with Crippen LogP contribution < -0.4 is 18.9 Å². The van der Waals surface area contributed by atoms with Crippen molar-refractivity contribution in [3.8, 4) is 0 Å². The Hall–Kier alpha value is -0.0126. The molecule has 0 aromatic carbocycles. The van der Waals surface area contributed by atoms with Crippen molar-refractivity contribution in [1.29, 1.82) is 0 Å². The number of aliphatic carboxylic acids is 1. The Morgan fingerprint density at radius 3 is 1.77 bits per heavy atom. The predicted octanol–water partition coefficient (Wildman–Crippen LogP) is -1.69. The molecule has 0 radical (unpaired) electrons. The molecule has 4 nitrogen and oxygen atoms in total. The first kappa shape index (κ1) is 18.7. The van der Waals surface area contributed by atoms with Gasteiger partial charge in [0, 0.05) is 13.2 Å². The summed E-state index contributed by atoms with van der Waals surface area (Å²) in [5.41, 5.74) is 0.